The van der Waals surface area contributed by atoms with Crippen LogP contribution >= 0.6 is 0 Å². The van der Waals surface area contributed by atoms with Gasteiger partial charge in [0, 0.05) is 18.5 Å². The Morgan fingerprint density at radius 2 is 1.60 bits per heavy atom. The average molecular weight is 348 g/mol. The Labute approximate surface area is 145 Å². The molecule has 1 saturated heterocycles. The third-order valence-corrected chi connectivity index (χ3v) is 4.73. The number of nitrogens with one attached hydrogen (secondary N) is 1. The smallest absolute Gasteiger partial charge is 0.338 e. The van der Waals surface area contributed by atoms with Gasteiger partial charge in [-0.3, -0.25) is 14.5 Å². The van der Waals surface area contributed by atoms with Crippen LogP contribution in [0.2, 0.25) is 0 Å². The maximum atomic E-state index is 12.2. The van der Waals surface area contributed by atoms with Crippen LogP contribution < -0.4 is 14.4 Å². The second kappa shape index (κ2) is 6.72. The van der Waals surface area contributed by atoms with Crippen LogP contribution in [0, 0.1) is 0 Å². The van der Waals surface area contributed by atoms with Gasteiger partial charge < -0.3 is 14.4 Å². The van der Waals surface area contributed by atoms with Crippen molar-refractivity contribution < 1.29 is 28.8 Å². The molecule has 1 N–H and O–H groups in total. The van der Waals surface area contributed by atoms with E-state index in [1.807, 2.05) is 12.1 Å². The van der Waals surface area contributed by atoms with E-state index in [1.54, 1.807) is 21.1 Å². The standard InChI is InChI=1S/C17H21N3O5/c1-4-19-15(21)16(22)20(17(19)23)10-18-6-5-11-7-13(24-2)14(25-3)8-12(11)9-18/h7-8H,4-6,9-10H2,1-3H3/p+1. The molecule has 2 heterocycles. The number of rotatable bonds is 5. The molecule has 2 aliphatic rings. The SMILES string of the molecule is CCN1C(=O)C(=O)N(C[NH+]2CCc3cc(OC)c(OC)cc3C2)C1=O. The Hall–Kier alpha value is -2.61. The van der Waals surface area contributed by atoms with Gasteiger partial charge in [-0.05, 0) is 24.6 Å². The topological polar surface area (TPSA) is 80.6 Å². The van der Waals surface area contributed by atoms with Crippen molar-refractivity contribution in [2.75, 3.05) is 34.0 Å². The van der Waals surface area contributed by atoms with Crippen LogP contribution in [-0.4, -0.2) is 61.6 Å². The molecule has 0 aromatic heterocycles. The second-order valence-electron chi connectivity index (χ2n) is 6.13. The monoisotopic (exact) mass is 348 g/mol. The molecule has 0 bridgehead atoms. The Kier molecular flexibility index (Phi) is 4.63. The van der Waals surface area contributed by atoms with E-state index in [2.05, 4.69) is 0 Å². The molecule has 8 nitrogen and oxygen atoms in total. The third kappa shape index (κ3) is 2.93. The molecule has 8 heteroatoms. The fourth-order valence-corrected chi connectivity index (χ4v) is 3.36. The summed E-state index contributed by atoms with van der Waals surface area (Å²) in [6.07, 6.45) is 0.798. The molecule has 2 aliphatic heterocycles. The number of amides is 4. The van der Waals surface area contributed by atoms with Gasteiger partial charge in [-0.2, -0.15) is 0 Å². The molecule has 4 amide bonds. The third-order valence-electron chi connectivity index (χ3n) is 4.73. The Bertz CT molecular complexity index is 733. The summed E-state index contributed by atoms with van der Waals surface area (Å²) in [4.78, 5) is 39.2. The highest BCUT2D eigenvalue weighted by atomic mass is 16.5. The van der Waals surface area contributed by atoms with Crippen molar-refractivity contribution in [3.8, 4) is 11.5 Å². The van der Waals surface area contributed by atoms with Crippen molar-refractivity contribution in [1.82, 2.24) is 9.80 Å². The largest absolute Gasteiger partial charge is 0.493 e. The summed E-state index contributed by atoms with van der Waals surface area (Å²) in [6, 6.07) is 3.38. The van der Waals surface area contributed by atoms with Gasteiger partial charge in [-0.1, -0.05) is 0 Å². The van der Waals surface area contributed by atoms with E-state index in [0.717, 1.165) is 33.2 Å². The zero-order chi connectivity index (χ0) is 18.1. The first-order chi connectivity index (χ1) is 12.0. The number of hydrogen-bond donors (Lipinski definition) is 1. The predicted octanol–water partition coefficient (Wildman–Crippen LogP) is -0.587. The maximum Gasteiger partial charge on any atom is 0.338 e. The number of methoxy groups -OCH3 is 2. The molecule has 134 valence electrons. The molecule has 1 unspecified atom stereocenters. The zero-order valence-corrected chi connectivity index (χ0v) is 14.6. The lowest BCUT2D eigenvalue weighted by molar-refractivity contribution is -0.923. The van der Waals surface area contributed by atoms with Crippen molar-refractivity contribution in [3.05, 3.63) is 23.3 Å². The number of hydrogen-bond acceptors (Lipinski definition) is 5. The van der Waals surface area contributed by atoms with E-state index in [9.17, 15) is 14.4 Å². The first-order valence-electron chi connectivity index (χ1n) is 8.24. The van der Waals surface area contributed by atoms with E-state index in [0.29, 0.717) is 18.0 Å². The highest BCUT2D eigenvalue weighted by Crippen LogP contribution is 2.31. The molecule has 1 fully saturated rings. The quantitative estimate of drug-likeness (QED) is 0.568. The fraction of sp³-hybridized carbons (Fsp3) is 0.471. The van der Waals surface area contributed by atoms with Gasteiger partial charge in [0.05, 0.1) is 20.8 Å². The van der Waals surface area contributed by atoms with Crippen molar-refractivity contribution in [1.29, 1.82) is 0 Å². The van der Waals surface area contributed by atoms with Crippen molar-refractivity contribution >= 4 is 17.8 Å². The number of carbonyl (C=O) groups excluding carboxylic acids is 3. The lowest BCUT2D eigenvalue weighted by Crippen LogP contribution is -3.13. The Morgan fingerprint density at radius 1 is 1.00 bits per heavy atom. The van der Waals surface area contributed by atoms with Gasteiger partial charge in [0.1, 0.15) is 6.54 Å². The zero-order valence-electron chi connectivity index (χ0n) is 14.6. The van der Waals surface area contributed by atoms with Crippen LogP contribution in [0.3, 0.4) is 0 Å². The number of fused-ring (bicyclic) bond motifs is 1. The van der Waals surface area contributed by atoms with Crippen LogP contribution in [0.25, 0.3) is 0 Å². The minimum Gasteiger partial charge on any atom is -0.493 e. The highest BCUT2D eigenvalue weighted by Gasteiger charge is 2.45. The molecule has 25 heavy (non-hydrogen) atoms. The first-order valence-corrected chi connectivity index (χ1v) is 8.24. The summed E-state index contributed by atoms with van der Waals surface area (Å²) in [6.45, 7) is 3.48. The average Bonchev–Trinajstić information content (AvgIpc) is 2.83. The van der Waals surface area contributed by atoms with Gasteiger partial charge in [-0.15, -0.1) is 0 Å². The van der Waals surface area contributed by atoms with Gasteiger partial charge in [0.25, 0.3) is 0 Å². The summed E-state index contributed by atoms with van der Waals surface area (Å²) in [5.74, 6) is -0.130. The number of quaternary nitrogens is 1. The maximum absolute atomic E-state index is 12.2. The van der Waals surface area contributed by atoms with Gasteiger partial charge in [0.15, 0.2) is 18.2 Å². The number of nitrogens with zero attached hydrogens (tertiary/aromatic N) is 2. The molecular weight excluding hydrogens is 326 g/mol. The van der Waals surface area contributed by atoms with Crippen LogP contribution in [0.1, 0.15) is 18.1 Å². The lowest BCUT2D eigenvalue weighted by atomic mass is 9.99. The van der Waals surface area contributed by atoms with E-state index >= 15 is 0 Å². The summed E-state index contributed by atoms with van der Waals surface area (Å²) < 4.78 is 10.7. The van der Waals surface area contributed by atoms with Crippen LogP contribution in [0.15, 0.2) is 12.1 Å². The normalized spacial score (nSPS) is 20.1. The van der Waals surface area contributed by atoms with Crippen molar-refractivity contribution in [2.24, 2.45) is 0 Å². The van der Waals surface area contributed by atoms with Crippen molar-refractivity contribution in [2.45, 2.75) is 19.9 Å². The van der Waals surface area contributed by atoms with Gasteiger partial charge in [0.2, 0.25) is 0 Å². The molecule has 1 aromatic carbocycles. The number of imide groups is 2. The molecule has 0 saturated carbocycles. The molecule has 1 aromatic rings. The van der Waals surface area contributed by atoms with Crippen molar-refractivity contribution in [3.63, 3.8) is 0 Å². The van der Waals surface area contributed by atoms with E-state index in [4.69, 9.17) is 9.47 Å². The van der Waals surface area contributed by atoms with E-state index in [1.165, 1.54) is 5.56 Å². The first kappa shape index (κ1) is 17.2. The summed E-state index contributed by atoms with van der Waals surface area (Å²) >= 11 is 0. The minimum absolute atomic E-state index is 0.188. The molecule has 1 atom stereocenters. The minimum atomic E-state index is -0.740. The molecule has 0 radical (unpaired) electrons. The number of urea groups is 1. The molecule has 0 spiro atoms. The summed E-state index contributed by atoms with van der Waals surface area (Å²) in [5, 5.41) is 0. The van der Waals surface area contributed by atoms with Gasteiger partial charge in [-0.25, -0.2) is 9.69 Å². The van der Waals surface area contributed by atoms with E-state index < -0.39 is 17.8 Å². The highest BCUT2D eigenvalue weighted by molar-refractivity contribution is 6.44. The summed E-state index contributed by atoms with van der Waals surface area (Å²) in [5.41, 5.74) is 2.27. The lowest BCUT2D eigenvalue weighted by Gasteiger charge is -2.28. The Balaban J connectivity index is 1.76. The number of likely N-dealkylation sites (N-methyl/N-ethyl adjacent to an activating group) is 1. The molecular formula is C17H22N3O5+. The predicted molar refractivity (Wildman–Crippen MR) is 87.3 cm³/mol. The number of benzene rings is 1. The summed E-state index contributed by atoms with van der Waals surface area (Å²) in [7, 11) is 3.19. The van der Waals surface area contributed by atoms with Crippen LogP contribution in [0.5, 0.6) is 11.5 Å². The fourth-order valence-electron chi connectivity index (χ4n) is 3.36. The number of ether oxygens (including phenoxy) is 2. The Morgan fingerprint density at radius 3 is 2.16 bits per heavy atom. The van der Waals surface area contributed by atoms with Crippen LogP contribution in [-0.2, 0) is 22.6 Å². The van der Waals surface area contributed by atoms with Gasteiger partial charge >= 0.3 is 17.8 Å². The van der Waals surface area contributed by atoms with E-state index in [-0.39, 0.29) is 13.2 Å². The molecule has 3 rings (SSSR count). The molecule has 0 aliphatic carbocycles. The van der Waals surface area contributed by atoms with Crippen LogP contribution in [0.4, 0.5) is 4.79 Å². The number of carbonyl (C=O) groups is 3. The second-order valence-corrected chi connectivity index (χ2v) is 6.13.